The maximum atomic E-state index is 11.5. The highest BCUT2D eigenvalue weighted by Crippen LogP contribution is 2.40. The SMILES string of the molecule is CC1CCC(Cn2cn[nH]c2=O)(C(=O)O)CC1. The van der Waals surface area contributed by atoms with Crippen molar-refractivity contribution in [1.82, 2.24) is 14.8 Å². The van der Waals surface area contributed by atoms with E-state index in [0.717, 1.165) is 12.8 Å². The summed E-state index contributed by atoms with van der Waals surface area (Å²) in [5.74, 6) is -0.235. The summed E-state index contributed by atoms with van der Waals surface area (Å²) < 4.78 is 1.35. The van der Waals surface area contributed by atoms with E-state index in [2.05, 4.69) is 17.1 Å². The van der Waals surface area contributed by atoms with Gasteiger partial charge in [0.2, 0.25) is 0 Å². The summed E-state index contributed by atoms with van der Waals surface area (Å²) >= 11 is 0. The van der Waals surface area contributed by atoms with Gasteiger partial charge in [0.15, 0.2) is 0 Å². The second kappa shape index (κ2) is 4.35. The quantitative estimate of drug-likeness (QED) is 0.818. The fourth-order valence-corrected chi connectivity index (χ4v) is 2.46. The summed E-state index contributed by atoms with van der Waals surface area (Å²) in [5, 5.41) is 15.3. The van der Waals surface area contributed by atoms with Crippen LogP contribution in [-0.4, -0.2) is 25.8 Å². The molecule has 2 rings (SSSR count). The summed E-state index contributed by atoms with van der Waals surface area (Å²) in [5.41, 5.74) is -1.15. The Balaban J connectivity index is 2.21. The third kappa shape index (κ3) is 2.25. The van der Waals surface area contributed by atoms with E-state index in [1.54, 1.807) is 0 Å². The van der Waals surface area contributed by atoms with Crippen LogP contribution in [0.3, 0.4) is 0 Å². The number of nitrogens with one attached hydrogen (secondary N) is 1. The van der Waals surface area contributed by atoms with Crippen molar-refractivity contribution in [2.75, 3.05) is 0 Å². The normalized spacial score (nSPS) is 29.1. The molecular formula is C11H17N3O3. The summed E-state index contributed by atoms with van der Waals surface area (Å²) in [7, 11) is 0. The Morgan fingerprint density at radius 1 is 1.65 bits per heavy atom. The number of hydrogen-bond acceptors (Lipinski definition) is 3. The molecule has 0 atom stereocenters. The molecule has 94 valence electrons. The smallest absolute Gasteiger partial charge is 0.343 e. The van der Waals surface area contributed by atoms with E-state index in [1.807, 2.05) is 0 Å². The number of rotatable bonds is 3. The van der Waals surface area contributed by atoms with Crippen LogP contribution in [0.15, 0.2) is 11.1 Å². The Hall–Kier alpha value is -1.59. The molecule has 1 heterocycles. The molecule has 6 heteroatoms. The molecule has 2 N–H and O–H groups in total. The summed E-state index contributed by atoms with van der Waals surface area (Å²) in [4.78, 5) is 22.8. The van der Waals surface area contributed by atoms with Gasteiger partial charge in [-0.3, -0.25) is 9.36 Å². The van der Waals surface area contributed by atoms with Crippen molar-refractivity contribution < 1.29 is 9.90 Å². The first-order chi connectivity index (χ1) is 8.03. The Kier molecular flexibility index (Phi) is 3.04. The largest absolute Gasteiger partial charge is 0.481 e. The lowest BCUT2D eigenvalue weighted by atomic mass is 9.71. The molecule has 1 aromatic rings. The third-order valence-corrected chi connectivity index (χ3v) is 3.78. The van der Waals surface area contributed by atoms with Crippen molar-refractivity contribution >= 4 is 5.97 Å². The zero-order valence-corrected chi connectivity index (χ0v) is 9.85. The Morgan fingerprint density at radius 3 is 2.76 bits per heavy atom. The first-order valence-electron chi connectivity index (χ1n) is 5.87. The topological polar surface area (TPSA) is 88.0 Å². The van der Waals surface area contributed by atoms with Gasteiger partial charge in [-0.1, -0.05) is 6.92 Å². The second-order valence-corrected chi connectivity index (χ2v) is 5.06. The van der Waals surface area contributed by atoms with Crippen LogP contribution in [0.4, 0.5) is 0 Å². The van der Waals surface area contributed by atoms with Gasteiger partial charge in [0, 0.05) is 6.54 Å². The van der Waals surface area contributed by atoms with E-state index in [1.165, 1.54) is 10.9 Å². The fourth-order valence-electron chi connectivity index (χ4n) is 2.46. The highest BCUT2D eigenvalue weighted by molar-refractivity contribution is 5.74. The molecule has 1 aliphatic carbocycles. The minimum Gasteiger partial charge on any atom is -0.481 e. The predicted molar refractivity (Wildman–Crippen MR) is 60.5 cm³/mol. The van der Waals surface area contributed by atoms with Gasteiger partial charge in [-0.05, 0) is 31.6 Å². The number of nitrogens with zero attached hydrogens (tertiary/aromatic N) is 2. The third-order valence-electron chi connectivity index (χ3n) is 3.78. The van der Waals surface area contributed by atoms with Crippen molar-refractivity contribution in [3.8, 4) is 0 Å². The van der Waals surface area contributed by atoms with Gasteiger partial charge in [0.1, 0.15) is 6.33 Å². The van der Waals surface area contributed by atoms with Gasteiger partial charge in [0.05, 0.1) is 5.41 Å². The van der Waals surface area contributed by atoms with Crippen LogP contribution in [0.25, 0.3) is 0 Å². The molecule has 0 aromatic carbocycles. The number of hydrogen-bond donors (Lipinski definition) is 2. The molecule has 0 bridgehead atoms. The summed E-state index contributed by atoms with van der Waals surface area (Å²) in [6, 6.07) is 0. The highest BCUT2D eigenvalue weighted by atomic mass is 16.4. The molecule has 1 saturated carbocycles. The molecular weight excluding hydrogens is 222 g/mol. The van der Waals surface area contributed by atoms with Crippen molar-refractivity contribution in [1.29, 1.82) is 0 Å². The van der Waals surface area contributed by atoms with Crippen LogP contribution >= 0.6 is 0 Å². The summed E-state index contributed by atoms with van der Waals surface area (Å²) in [6.07, 6.45) is 4.42. The maximum Gasteiger partial charge on any atom is 0.343 e. The minimum atomic E-state index is -0.808. The van der Waals surface area contributed by atoms with Crippen molar-refractivity contribution in [3.63, 3.8) is 0 Å². The minimum absolute atomic E-state index is 0.213. The number of aromatic amines is 1. The lowest BCUT2D eigenvalue weighted by Gasteiger charge is -2.35. The van der Waals surface area contributed by atoms with Gasteiger partial charge in [0.25, 0.3) is 0 Å². The van der Waals surface area contributed by atoms with Crippen LogP contribution in [0.2, 0.25) is 0 Å². The molecule has 0 aliphatic heterocycles. The van der Waals surface area contributed by atoms with E-state index in [4.69, 9.17) is 0 Å². The number of H-pyrrole nitrogens is 1. The average molecular weight is 239 g/mol. The van der Waals surface area contributed by atoms with Gasteiger partial charge in [-0.15, -0.1) is 0 Å². The lowest BCUT2D eigenvalue weighted by molar-refractivity contribution is -0.152. The molecule has 0 saturated heterocycles. The zero-order chi connectivity index (χ0) is 12.5. The average Bonchev–Trinajstić information content (AvgIpc) is 2.68. The van der Waals surface area contributed by atoms with Crippen molar-refractivity contribution in [2.45, 2.75) is 39.2 Å². The molecule has 0 spiro atoms. The molecule has 6 nitrogen and oxygen atoms in total. The molecule has 1 aromatic heterocycles. The number of carboxylic acid groups (broad SMARTS) is 1. The molecule has 17 heavy (non-hydrogen) atoms. The standard InChI is InChI=1S/C11H17N3O3/c1-8-2-4-11(5-3-8,9(15)16)6-14-7-12-13-10(14)17/h7-8H,2-6H2,1H3,(H,13,17)(H,15,16). The van der Waals surface area contributed by atoms with Gasteiger partial charge in [-0.2, -0.15) is 5.10 Å². The Labute approximate surface area is 98.7 Å². The van der Waals surface area contributed by atoms with E-state index in [9.17, 15) is 14.7 Å². The van der Waals surface area contributed by atoms with Crippen molar-refractivity contribution in [2.24, 2.45) is 11.3 Å². The van der Waals surface area contributed by atoms with Crippen LogP contribution < -0.4 is 5.69 Å². The van der Waals surface area contributed by atoms with Crippen LogP contribution in [0, 0.1) is 11.3 Å². The Morgan fingerprint density at radius 2 is 2.29 bits per heavy atom. The Bertz CT molecular complexity index is 455. The van der Waals surface area contributed by atoms with Crippen LogP contribution in [0.5, 0.6) is 0 Å². The molecule has 1 aliphatic rings. The molecule has 1 fully saturated rings. The second-order valence-electron chi connectivity index (χ2n) is 5.06. The van der Waals surface area contributed by atoms with Crippen molar-refractivity contribution in [3.05, 3.63) is 16.8 Å². The summed E-state index contributed by atoms with van der Waals surface area (Å²) in [6.45, 7) is 2.35. The predicted octanol–water partition coefficient (Wildman–Crippen LogP) is 0.852. The maximum absolute atomic E-state index is 11.5. The number of aromatic nitrogens is 3. The molecule has 0 amide bonds. The van der Waals surface area contributed by atoms with E-state index in [0.29, 0.717) is 18.8 Å². The highest BCUT2D eigenvalue weighted by Gasteiger charge is 2.41. The first kappa shape index (κ1) is 11.9. The van der Waals surface area contributed by atoms with Gasteiger partial charge in [-0.25, -0.2) is 9.89 Å². The zero-order valence-electron chi connectivity index (χ0n) is 9.85. The van der Waals surface area contributed by atoms with Gasteiger partial charge < -0.3 is 5.11 Å². The first-order valence-corrected chi connectivity index (χ1v) is 5.87. The number of carbonyl (C=O) groups is 1. The fraction of sp³-hybridized carbons (Fsp3) is 0.727. The van der Waals surface area contributed by atoms with Gasteiger partial charge >= 0.3 is 11.7 Å². The van der Waals surface area contributed by atoms with E-state index < -0.39 is 11.4 Å². The van der Waals surface area contributed by atoms with Crippen LogP contribution in [-0.2, 0) is 11.3 Å². The lowest BCUT2D eigenvalue weighted by Crippen LogP contribution is -2.40. The van der Waals surface area contributed by atoms with E-state index in [-0.39, 0.29) is 12.2 Å². The number of carboxylic acids is 1. The number of aliphatic carboxylic acids is 1. The molecule has 0 radical (unpaired) electrons. The molecule has 0 unspecified atom stereocenters. The van der Waals surface area contributed by atoms with Crippen LogP contribution in [0.1, 0.15) is 32.6 Å². The monoisotopic (exact) mass is 239 g/mol. The van der Waals surface area contributed by atoms with E-state index >= 15 is 0 Å².